The third-order valence-corrected chi connectivity index (χ3v) is 2.78. The Kier molecular flexibility index (Phi) is 9.49. The van der Waals surface area contributed by atoms with Gasteiger partial charge < -0.3 is 19.0 Å². The first kappa shape index (κ1) is 19.8. The van der Waals surface area contributed by atoms with Crippen molar-refractivity contribution in [3.05, 3.63) is 12.2 Å². The smallest absolute Gasteiger partial charge is 0.324 e. The molecule has 0 aromatic carbocycles. The topological polar surface area (TPSA) is 96.0 Å². The molecule has 0 heterocycles. The van der Waals surface area contributed by atoms with Crippen LogP contribution in [0.2, 0.25) is 0 Å². The molecule has 0 aliphatic rings. The molecule has 0 atom stereocenters. The van der Waals surface area contributed by atoms with Gasteiger partial charge in [-0.3, -0.25) is 14.4 Å². The van der Waals surface area contributed by atoms with E-state index in [1.165, 1.54) is 19.1 Å². The number of aldehydes is 1. The number of esters is 3. The van der Waals surface area contributed by atoms with Crippen LogP contribution >= 0.6 is 0 Å². The minimum atomic E-state index is -1.71. The molecular formula is C15H22O7. The molecule has 0 spiro atoms. The van der Waals surface area contributed by atoms with Gasteiger partial charge in [0.15, 0.2) is 5.41 Å². The summed E-state index contributed by atoms with van der Waals surface area (Å²) in [6, 6.07) is 0. The highest BCUT2D eigenvalue weighted by Gasteiger charge is 2.47. The van der Waals surface area contributed by atoms with Gasteiger partial charge >= 0.3 is 17.9 Å². The zero-order valence-electron chi connectivity index (χ0n) is 13.1. The highest BCUT2D eigenvalue weighted by molar-refractivity contribution is 6.02. The average molecular weight is 314 g/mol. The van der Waals surface area contributed by atoms with Gasteiger partial charge in [-0.15, -0.1) is 0 Å². The van der Waals surface area contributed by atoms with E-state index in [0.29, 0.717) is 6.29 Å². The number of rotatable bonds is 10. The SMILES string of the molecule is CCOC(=O)C(CC=O)(C/C=C/COC(C)=O)C(=O)OCC. The summed E-state index contributed by atoms with van der Waals surface area (Å²) in [4.78, 5) is 45.8. The van der Waals surface area contributed by atoms with Crippen molar-refractivity contribution >= 4 is 24.2 Å². The second kappa shape index (κ2) is 10.5. The molecule has 0 rings (SSSR count). The van der Waals surface area contributed by atoms with Gasteiger partial charge in [-0.2, -0.15) is 0 Å². The number of carbonyl (C=O) groups excluding carboxylic acids is 4. The molecule has 22 heavy (non-hydrogen) atoms. The lowest BCUT2D eigenvalue weighted by atomic mass is 9.81. The first-order chi connectivity index (χ1) is 10.4. The van der Waals surface area contributed by atoms with Crippen molar-refractivity contribution in [1.82, 2.24) is 0 Å². The predicted molar refractivity (Wildman–Crippen MR) is 76.8 cm³/mol. The van der Waals surface area contributed by atoms with Crippen LogP contribution in [0, 0.1) is 5.41 Å². The Morgan fingerprint density at radius 3 is 1.86 bits per heavy atom. The van der Waals surface area contributed by atoms with Gasteiger partial charge in [0.1, 0.15) is 12.9 Å². The Morgan fingerprint density at radius 2 is 1.45 bits per heavy atom. The third-order valence-electron chi connectivity index (χ3n) is 2.78. The summed E-state index contributed by atoms with van der Waals surface area (Å²) >= 11 is 0. The molecule has 0 N–H and O–H groups in total. The minimum Gasteiger partial charge on any atom is -0.465 e. The number of carbonyl (C=O) groups is 4. The molecule has 124 valence electrons. The van der Waals surface area contributed by atoms with E-state index in [1.807, 2.05) is 0 Å². The Labute approximate surface area is 129 Å². The first-order valence-corrected chi connectivity index (χ1v) is 7.01. The Bertz CT molecular complexity index is 408. The number of hydrogen-bond acceptors (Lipinski definition) is 7. The normalized spacial score (nSPS) is 11.0. The largest absolute Gasteiger partial charge is 0.465 e. The lowest BCUT2D eigenvalue weighted by Crippen LogP contribution is -2.42. The van der Waals surface area contributed by atoms with Crippen LogP contribution in [0.4, 0.5) is 0 Å². The highest BCUT2D eigenvalue weighted by Crippen LogP contribution is 2.30. The summed E-state index contributed by atoms with van der Waals surface area (Å²) in [7, 11) is 0. The molecule has 0 amide bonds. The molecule has 7 heteroatoms. The standard InChI is InChI=1S/C15H22O7/c1-4-20-13(18)15(9-10-16,14(19)21-5-2)8-6-7-11-22-12(3)17/h6-7,10H,4-5,8-9,11H2,1-3H3/b7-6+. The van der Waals surface area contributed by atoms with Crippen molar-refractivity contribution in [1.29, 1.82) is 0 Å². The molecule has 0 saturated heterocycles. The van der Waals surface area contributed by atoms with E-state index in [9.17, 15) is 19.2 Å². The number of ether oxygens (including phenoxy) is 3. The van der Waals surface area contributed by atoms with E-state index in [4.69, 9.17) is 14.2 Å². The quantitative estimate of drug-likeness (QED) is 0.196. The highest BCUT2D eigenvalue weighted by atomic mass is 16.6. The summed E-state index contributed by atoms with van der Waals surface area (Å²) < 4.78 is 14.5. The van der Waals surface area contributed by atoms with Crippen LogP contribution in [0.1, 0.15) is 33.6 Å². The van der Waals surface area contributed by atoms with E-state index >= 15 is 0 Å². The molecule has 0 saturated carbocycles. The summed E-state index contributed by atoms with van der Waals surface area (Å²) in [5.74, 6) is -2.06. The van der Waals surface area contributed by atoms with Crippen molar-refractivity contribution in [3.63, 3.8) is 0 Å². The van der Waals surface area contributed by atoms with Crippen LogP contribution in [-0.4, -0.2) is 44.0 Å². The van der Waals surface area contributed by atoms with Crippen molar-refractivity contribution in [2.45, 2.75) is 33.6 Å². The predicted octanol–water partition coefficient (Wildman–Crippen LogP) is 1.20. The van der Waals surface area contributed by atoms with Crippen LogP contribution in [0.25, 0.3) is 0 Å². The monoisotopic (exact) mass is 314 g/mol. The van der Waals surface area contributed by atoms with Crippen LogP contribution in [0.15, 0.2) is 12.2 Å². The van der Waals surface area contributed by atoms with Crippen LogP contribution in [0.5, 0.6) is 0 Å². The van der Waals surface area contributed by atoms with Crippen molar-refractivity contribution in [3.8, 4) is 0 Å². The maximum atomic E-state index is 12.1. The maximum Gasteiger partial charge on any atom is 0.324 e. The Balaban J connectivity index is 5.17. The van der Waals surface area contributed by atoms with Gasteiger partial charge in [-0.05, 0) is 20.3 Å². The molecule has 0 aromatic rings. The Morgan fingerprint density at radius 1 is 0.909 bits per heavy atom. The van der Waals surface area contributed by atoms with Crippen molar-refractivity contribution < 1.29 is 33.4 Å². The van der Waals surface area contributed by atoms with Crippen molar-refractivity contribution in [2.24, 2.45) is 5.41 Å². The summed E-state index contributed by atoms with van der Waals surface area (Å²) in [6.45, 7) is 4.64. The number of hydrogen-bond donors (Lipinski definition) is 0. The van der Waals surface area contributed by atoms with Gasteiger partial charge in [-0.25, -0.2) is 0 Å². The second-order valence-corrected chi connectivity index (χ2v) is 4.37. The lowest BCUT2D eigenvalue weighted by Gasteiger charge is -2.26. The van der Waals surface area contributed by atoms with Gasteiger partial charge in [0.25, 0.3) is 0 Å². The second-order valence-electron chi connectivity index (χ2n) is 4.37. The zero-order valence-corrected chi connectivity index (χ0v) is 13.1. The molecular weight excluding hydrogens is 292 g/mol. The van der Waals surface area contributed by atoms with E-state index in [1.54, 1.807) is 13.8 Å². The molecule has 0 aliphatic heterocycles. The van der Waals surface area contributed by atoms with Crippen LogP contribution in [-0.2, 0) is 33.4 Å². The molecule has 0 fully saturated rings. The molecule has 0 unspecified atom stereocenters. The summed E-state index contributed by atoms with van der Waals surface area (Å²) in [6.07, 6.45) is 3.03. The van der Waals surface area contributed by atoms with Gasteiger partial charge in [0.2, 0.25) is 0 Å². The van der Waals surface area contributed by atoms with Gasteiger partial charge in [-0.1, -0.05) is 12.2 Å². The fraction of sp³-hybridized carbons (Fsp3) is 0.600. The molecule has 0 aliphatic carbocycles. The minimum absolute atomic E-state index is 0.0121. The van der Waals surface area contributed by atoms with Gasteiger partial charge in [0, 0.05) is 13.3 Å². The Hall–Kier alpha value is -2.18. The summed E-state index contributed by atoms with van der Waals surface area (Å²) in [5, 5.41) is 0. The third kappa shape index (κ3) is 6.07. The van der Waals surface area contributed by atoms with Crippen LogP contribution in [0.3, 0.4) is 0 Å². The zero-order chi connectivity index (χ0) is 17.0. The molecule has 0 radical (unpaired) electrons. The fourth-order valence-corrected chi connectivity index (χ4v) is 1.70. The molecule has 0 bridgehead atoms. The molecule has 0 aromatic heterocycles. The van der Waals surface area contributed by atoms with E-state index in [2.05, 4.69) is 0 Å². The van der Waals surface area contributed by atoms with Crippen LogP contribution < -0.4 is 0 Å². The fourth-order valence-electron chi connectivity index (χ4n) is 1.70. The van der Waals surface area contributed by atoms with E-state index in [-0.39, 0.29) is 32.7 Å². The van der Waals surface area contributed by atoms with E-state index in [0.717, 1.165) is 0 Å². The van der Waals surface area contributed by atoms with Gasteiger partial charge in [0.05, 0.1) is 13.2 Å². The first-order valence-electron chi connectivity index (χ1n) is 7.01. The van der Waals surface area contributed by atoms with E-state index < -0.39 is 23.3 Å². The number of allylic oxidation sites excluding steroid dienone is 1. The lowest BCUT2D eigenvalue weighted by molar-refractivity contribution is -0.173. The maximum absolute atomic E-state index is 12.1. The summed E-state index contributed by atoms with van der Waals surface area (Å²) in [5.41, 5.74) is -1.71. The van der Waals surface area contributed by atoms with Crippen molar-refractivity contribution in [2.75, 3.05) is 19.8 Å². The molecule has 7 nitrogen and oxygen atoms in total. The average Bonchev–Trinajstić information content (AvgIpc) is 2.45.